The summed E-state index contributed by atoms with van der Waals surface area (Å²) in [6, 6.07) is 2.60. The lowest BCUT2D eigenvalue weighted by atomic mass is 9.92. The number of nitrogens with zero attached hydrogens (tertiary/aromatic N) is 4. The molecule has 0 unspecified atom stereocenters. The van der Waals surface area contributed by atoms with Gasteiger partial charge in [0.15, 0.2) is 0 Å². The van der Waals surface area contributed by atoms with Crippen LogP contribution in [0.15, 0.2) is 28.8 Å². The first kappa shape index (κ1) is 22.5. The van der Waals surface area contributed by atoms with Crippen molar-refractivity contribution < 1.29 is 0 Å². The van der Waals surface area contributed by atoms with Crippen molar-refractivity contribution in [1.29, 1.82) is 0 Å². The Labute approximate surface area is 199 Å². The SMILES string of the molecule is Cc1cc(C)n(CCCn2cnc3sc4c(c3c2=O)CC[C@H](NCCC2=CCCCC2)C4)n1. The molecule has 0 bridgehead atoms. The van der Waals surface area contributed by atoms with Gasteiger partial charge in [0, 0.05) is 29.7 Å². The van der Waals surface area contributed by atoms with Crippen LogP contribution in [-0.4, -0.2) is 31.9 Å². The molecule has 3 aromatic rings. The Morgan fingerprint density at radius 3 is 2.91 bits per heavy atom. The van der Waals surface area contributed by atoms with E-state index in [4.69, 9.17) is 0 Å². The highest BCUT2D eigenvalue weighted by Gasteiger charge is 2.25. The summed E-state index contributed by atoms with van der Waals surface area (Å²) in [7, 11) is 0. The molecule has 7 heteroatoms. The second kappa shape index (κ2) is 9.94. The number of rotatable bonds is 8. The van der Waals surface area contributed by atoms with Crippen LogP contribution < -0.4 is 10.9 Å². The molecule has 6 nitrogen and oxygen atoms in total. The molecule has 3 aromatic heterocycles. The summed E-state index contributed by atoms with van der Waals surface area (Å²) < 4.78 is 3.82. The van der Waals surface area contributed by atoms with E-state index in [0.29, 0.717) is 12.6 Å². The minimum Gasteiger partial charge on any atom is -0.313 e. The molecule has 0 spiro atoms. The number of fused-ring (bicyclic) bond motifs is 3. The number of aryl methyl sites for hydroxylation is 5. The van der Waals surface area contributed by atoms with Gasteiger partial charge >= 0.3 is 0 Å². The Kier molecular flexibility index (Phi) is 6.79. The zero-order valence-corrected chi connectivity index (χ0v) is 20.7. The van der Waals surface area contributed by atoms with Crippen molar-refractivity contribution in [3.63, 3.8) is 0 Å². The molecule has 3 heterocycles. The Morgan fingerprint density at radius 2 is 2.12 bits per heavy atom. The van der Waals surface area contributed by atoms with E-state index in [1.807, 2.05) is 11.6 Å². The van der Waals surface area contributed by atoms with Gasteiger partial charge in [-0.05, 0) is 89.8 Å². The summed E-state index contributed by atoms with van der Waals surface area (Å²) in [5.41, 5.74) is 5.22. The lowest BCUT2D eigenvalue weighted by Gasteiger charge is -2.24. The molecular formula is C26H35N5OS. The molecule has 5 rings (SSSR count). The molecule has 0 amide bonds. The molecule has 1 N–H and O–H groups in total. The zero-order chi connectivity index (χ0) is 22.8. The van der Waals surface area contributed by atoms with Crippen LogP contribution >= 0.6 is 11.3 Å². The van der Waals surface area contributed by atoms with Gasteiger partial charge in [-0.1, -0.05) is 11.6 Å². The van der Waals surface area contributed by atoms with Gasteiger partial charge in [-0.3, -0.25) is 14.0 Å². The van der Waals surface area contributed by atoms with E-state index in [-0.39, 0.29) is 5.56 Å². The van der Waals surface area contributed by atoms with Crippen LogP contribution in [0.4, 0.5) is 0 Å². The van der Waals surface area contributed by atoms with Gasteiger partial charge in [0.2, 0.25) is 0 Å². The van der Waals surface area contributed by atoms with E-state index < -0.39 is 0 Å². The third-order valence-electron chi connectivity index (χ3n) is 7.17. The van der Waals surface area contributed by atoms with Gasteiger partial charge in [-0.25, -0.2) is 4.98 Å². The van der Waals surface area contributed by atoms with Crippen molar-refractivity contribution >= 4 is 21.6 Å². The van der Waals surface area contributed by atoms with E-state index in [0.717, 1.165) is 54.7 Å². The van der Waals surface area contributed by atoms with Crippen molar-refractivity contribution in [1.82, 2.24) is 24.6 Å². The topological polar surface area (TPSA) is 64.7 Å². The summed E-state index contributed by atoms with van der Waals surface area (Å²) in [5.74, 6) is 0. The molecule has 176 valence electrons. The third-order valence-corrected chi connectivity index (χ3v) is 8.33. The Balaban J connectivity index is 1.22. The predicted octanol–water partition coefficient (Wildman–Crippen LogP) is 4.70. The largest absolute Gasteiger partial charge is 0.313 e. The number of thiophene rings is 1. The monoisotopic (exact) mass is 465 g/mol. The van der Waals surface area contributed by atoms with Crippen LogP contribution in [0.25, 0.3) is 10.2 Å². The minimum absolute atomic E-state index is 0.126. The smallest absolute Gasteiger partial charge is 0.262 e. The zero-order valence-electron chi connectivity index (χ0n) is 19.9. The van der Waals surface area contributed by atoms with E-state index >= 15 is 0 Å². The Hall–Kier alpha value is -2.25. The van der Waals surface area contributed by atoms with Crippen LogP contribution in [0.1, 0.15) is 66.8 Å². The molecule has 0 fully saturated rings. The van der Waals surface area contributed by atoms with Gasteiger partial charge in [-0.2, -0.15) is 5.10 Å². The maximum Gasteiger partial charge on any atom is 0.262 e. The maximum atomic E-state index is 13.3. The summed E-state index contributed by atoms with van der Waals surface area (Å²) in [6.07, 6.45) is 14.6. The van der Waals surface area contributed by atoms with Gasteiger partial charge in [0.25, 0.3) is 5.56 Å². The standard InChI is InChI=1S/C26H35N5OS/c1-18-15-19(2)31(29-18)14-6-13-30-17-28-25-24(26(30)32)22-10-9-21(16-23(22)33-25)27-12-11-20-7-4-3-5-8-20/h7,15,17,21,27H,3-6,8-14,16H2,1-2H3/t21-/m0/s1. The predicted molar refractivity (Wildman–Crippen MR) is 135 cm³/mol. The average Bonchev–Trinajstić information content (AvgIpc) is 3.34. The Bertz CT molecular complexity index is 1220. The lowest BCUT2D eigenvalue weighted by molar-refractivity contribution is 0.463. The average molecular weight is 466 g/mol. The summed E-state index contributed by atoms with van der Waals surface area (Å²) in [6.45, 7) is 6.64. The van der Waals surface area contributed by atoms with Crippen LogP contribution in [-0.2, 0) is 25.9 Å². The molecule has 0 saturated carbocycles. The van der Waals surface area contributed by atoms with E-state index in [1.165, 1.54) is 48.2 Å². The number of allylic oxidation sites excluding steroid dienone is 1. The first-order chi connectivity index (χ1) is 16.1. The molecule has 0 saturated heterocycles. The first-order valence-corrected chi connectivity index (χ1v) is 13.3. The highest BCUT2D eigenvalue weighted by molar-refractivity contribution is 7.18. The molecule has 33 heavy (non-hydrogen) atoms. The van der Waals surface area contributed by atoms with Gasteiger partial charge < -0.3 is 5.32 Å². The second-order valence-corrected chi connectivity index (χ2v) is 10.8. The van der Waals surface area contributed by atoms with Crippen LogP contribution in [0.5, 0.6) is 0 Å². The fourth-order valence-corrected chi connectivity index (χ4v) is 6.65. The van der Waals surface area contributed by atoms with Crippen molar-refractivity contribution in [3.05, 3.63) is 56.2 Å². The Morgan fingerprint density at radius 1 is 1.21 bits per heavy atom. The molecule has 2 aliphatic carbocycles. The molecule has 0 aromatic carbocycles. The molecule has 2 aliphatic rings. The highest BCUT2D eigenvalue weighted by atomic mass is 32.1. The minimum atomic E-state index is 0.126. The maximum absolute atomic E-state index is 13.3. The summed E-state index contributed by atoms with van der Waals surface area (Å²) >= 11 is 1.72. The molecule has 1 atom stereocenters. The fourth-order valence-electron chi connectivity index (χ4n) is 5.40. The normalized spacial score (nSPS) is 18.5. The first-order valence-electron chi connectivity index (χ1n) is 12.5. The highest BCUT2D eigenvalue weighted by Crippen LogP contribution is 2.33. The number of hydrogen-bond donors (Lipinski definition) is 1. The number of aromatic nitrogens is 4. The van der Waals surface area contributed by atoms with Crippen molar-refractivity contribution in [2.75, 3.05) is 6.54 Å². The van der Waals surface area contributed by atoms with E-state index in [2.05, 4.69) is 34.5 Å². The molecular weight excluding hydrogens is 430 g/mol. The lowest BCUT2D eigenvalue weighted by Crippen LogP contribution is -2.35. The van der Waals surface area contributed by atoms with Crippen molar-refractivity contribution in [3.8, 4) is 0 Å². The number of hydrogen-bond acceptors (Lipinski definition) is 5. The van der Waals surface area contributed by atoms with Crippen LogP contribution in [0.3, 0.4) is 0 Å². The second-order valence-electron chi connectivity index (χ2n) is 9.68. The van der Waals surface area contributed by atoms with Crippen molar-refractivity contribution in [2.24, 2.45) is 0 Å². The van der Waals surface area contributed by atoms with Gasteiger partial charge in [0.05, 0.1) is 17.4 Å². The van der Waals surface area contributed by atoms with E-state index in [9.17, 15) is 4.79 Å². The fraction of sp³-hybridized carbons (Fsp3) is 0.577. The third kappa shape index (κ3) is 4.99. The summed E-state index contributed by atoms with van der Waals surface area (Å²) in [4.78, 5) is 20.2. The summed E-state index contributed by atoms with van der Waals surface area (Å²) in [5, 5.41) is 9.18. The molecule has 0 aliphatic heterocycles. The van der Waals surface area contributed by atoms with Crippen molar-refractivity contribution in [2.45, 2.75) is 90.8 Å². The van der Waals surface area contributed by atoms with Gasteiger partial charge in [-0.15, -0.1) is 11.3 Å². The quantitative estimate of drug-likeness (QED) is 0.490. The van der Waals surface area contributed by atoms with Crippen LogP contribution in [0, 0.1) is 13.8 Å². The van der Waals surface area contributed by atoms with Crippen LogP contribution in [0.2, 0.25) is 0 Å². The molecule has 0 radical (unpaired) electrons. The van der Waals surface area contributed by atoms with Gasteiger partial charge in [0.1, 0.15) is 4.83 Å². The van der Waals surface area contributed by atoms with E-state index in [1.54, 1.807) is 27.8 Å². The number of nitrogens with one attached hydrogen (secondary N) is 1.